The van der Waals surface area contributed by atoms with Crippen LogP contribution in [0.25, 0.3) is 6.08 Å². The van der Waals surface area contributed by atoms with E-state index in [-0.39, 0.29) is 11.7 Å². The van der Waals surface area contributed by atoms with E-state index in [9.17, 15) is 9.18 Å². The van der Waals surface area contributed by atoms with Gasteiger partial charge in [0.15, 0.2) is 0 Å². The normalized spacial score (nSPS) is 24.3. The molecule has 3 N–H and O–H groups in total. The van der Waals surface area contributed by atoms with Gasteiger partial charge in [0.1, 0.15) is 5.82 Å². The highest BCUT2D eigenvalue weighted by atomic mass is 19.1. The van der Waals surface area contributed by atoms with Gasteiger partial charge in [-0.3, -0.25) is 4.79 Å². The topological polar surface area (TPSA) is 55.1 Å². The number of benzene rings is 2. The average molecular weight is 350 g/mol. The molecule has 3 nitrogen and oxygen atoms in total. The number of halogens is 1. The van der Waals surface area contributed by atoms with Gasteiger partial charge in [-0.2, -0.15) is 0 Å². The lowest BCUT2D eigenvalue weighted by Crippen LogP contribution is -2.31. The molecular formula is C22H23FN2O. The minimum absolute atomic E-state index is 0.193. The lowest BCUT2D eigenvalue weighted by atomic mass is 9.93. The molecule has 3 unspecified atom stereocenters. The molecule has 4 heteroatoms. The van der Waals surface area contributed by atoms with Crippen LogP contribution in [0, 0.1) is 17.7 Å². The zero-order valence-electron chi connectivity index (χ0n) is 14.6. The van der Waals surface area contributed by atoms with Gasteiger partial charge in [0.2, 0.25) is 5.91 Å². The third kappa shape index (κ3) is 3.56. The Morgan fingerprint density at radius 2 is 1.73 bits per heavy atom. The fourth-order valence-corrected chi connectivity index (χ4v) is 4.26. The van der Waals surface area contributed by atoms with Crippen LogP contribution in [0.5, 0.6) is 0 Å². The number of carbonyl (C=O) groups is 1. The molecule has 2 aliphatic rings. The van der Waals surface area contributed by atoms with Crippen LogP contribution in [0.15, 0.2) is 48.5 Å². The number of nitrogens with one attached hydrogen (secondary N) is 1. The summed E-state index contributed by atoms with van der Waals surface area (Å²) < 4.78 is 12.9. The first kappa shape index (κ1) is 17.0. The molecule has 1 fully saturated rings. The SMILES string of the molecule is NC1C2CCC1Cc1cc(NC(=O)/C=C/c3ccc(F)cc3)ccc1C2. The van der Waals surface area contributed by atoms with Crippen molar-refractivity contribution in [3.63, 3.8) is 0 Å². The fraction of sp³-hybridized carbons (Fsp3) is 0.318. The number of fused-ring (bicyclic) bond motifs is 3. The smallest absolute Gasteiger partial charge is 0.248 e. The van der Waals surface area contributed by atoms with Crippen molar-refractivity contribution in [1.29, 1.82) is 0 Å². The summed E-state index contributed by atoms with van der Waals surface area (Å²) >= 11 is 0. The first-order valence-corrected chi connectivity index (χ1v) is 9.20. The van der Waals surface area contributed by atoms with Crippen molar-refractivity contribution in [3.05, 3.63) is 71.0 Å². The zero-order chi connectivity index (χ0) is 18.1. The maximum Gasteiger partial charge on any atom is 0.248 e. The van der Waals surface area contributed by atoms with Crippen molar-refractivity contribution < 1.29 is 9.18 Å². The molecule has 2 aliphatic carbocycles. The lowest BCUT2D eigenvalue weighted by Gasteiger charge is -2.15. The Morgan fingerprint density at radius 3 is 2.46 bits per heavy atom. The molecule has 1 amide bonds. The molecule has 2 aromatic carbocycles. The Kier molecular flexibility index (Phi) is 4.60. The Hall–Kier alpha value is -2.46. The molecule has 26 heavy (non-hydrogen) atoms. The van der Waals surface area contributed by atoms with Crippen LogP contribution in [0.3, 0.4) is 0 Å². The number of amides is 1. The van der Waals surface area contributed by atoms with E-state index < -0.39 is 0 Å². The van der Waals surface area contributed by atoms with Gasteiger partial charge in [-0.05, 0) is 84.6 Å². The quantitative estimate of drug-likeness (QED) is 0.824. The molecule has 0 saturated heterocycles. The summed E-state index contributed by atoms with van der Waals surface area (Å²) in [7, 11) is 0. The largest absolute Gasteiger partial charge is 0.327 e. The van der Waals surface area contributed by atoms with Crippen LogP contribution >= 0.6 is 0 Å². The van der Waals surface area contributed by atoms with E-state index in [1.807, 2.05) is 6.07 Å². The Balaban J connectivity index is 1.45. The summed E-state index contributed by atoms with van der Waals surface area (Å²) in [6.45, 7) is 0. The summed E-state index contributed by atoms with van der Waals surface area (Å²) in [5, 5.41) is 2.92. The van der Waals surface area contributed by atoms with E-state index in [0.717, 1.165) is 24.1 Å². The molecule has 0 radical (unpaired) electrons. The van der Waals surface area contributed by atoms with Crippen molar-refractivity contribution in [2.45, 2.75) is 31.7 Å². The predicted molar refractivity (Wildman–Crippen MR) is 102 cm³/mol. The molecule has 0 aliphatic heterocycles. The minimum atomic E-state index is -0.287. The van der Waals surface area contributed by atoms with E-state index in [0.29, 0.717) is 17.9 Å². The third-order valence-electron chi connectivity index (χ3n) is 5.73. The second-order valence-electron chi connectivity index (χ2n) is 7.44. The number of rotatable bonds is 3. The molecule has 0 aromatic heterocycles. The van der Waals surface area contributed by atoms with Gasteiger partial charge in [0, 0.05) is 17.8 Å². The first-order valence-electron chi connectivity index (χ1n) is 9.20. The molecule has 0 spiro atoms. The first-order chi connectivity index (χ1) is 12.6. The van der Waals surface area contributed by atoms with Gasteiger partial charge >= 0.3 is 0 Å². The van der Waals surface area contributed by atoms with Crippen LogP contribution in [0.2, 0.25) is 0 Å². The van der Waals surface area contributed by atoms with Gasteiger partial charge in [-0.25, -0.2) is 4.39 Å². The third-order valence-corrected chi connectivity index (χ3v) is 5.73. The number of hydrogen-bond donors (Lipinski definition) is 2. The number of hydrogen-bond acceptors (Lipinski definition) is 2. The van der Waals surface area contributed by atoms with Crippen molar-refractivity contribution in [1.82, 2.24) is 0 Å². The average Bonchev–Trinajstić information content (AvgIpc) is 2.88. The van der Waals surface area contributed by atoms with Crippen molar-refractivity contribution in [2.75, 3.05) is 5.32 Å². The van der Waals surface area contributed by atoms with Crippen molar-refractivity contribution in [3.8, 4) is 0 Å². The predicted octanol–water partition coefficient (Wildman–Crippen LogP) is 3.93. The molecule has 1 saturated carbocycles. The van der Waals surface area contributed by atoms with Crippen LogP contribution in [0.1, 0.15) is 29.5 Å². The molecule has 2 bridgehead atoms. The summed E-state index contributed by atoms with van der Waals surface area (Å²) in [5.41, 5.74) is 10.7. The van der Waals surface area contributed by atoms with Crippen LogP contribution in [0.4, 0.5) is 10.1 Å². The van der Waals surface area contributed by atoms with Gasteiger partial charge in [-0.15, -0.1) is 0 Å². The summed E-state index contributed by atoms with van der Waals surface area (Å²) in [6.07, 6.45) is 7.64. The standard InChI is InChI=1S/C22H23FN2O/c23-19-7-1-14(2-8-19)3-10-21(26)25-20-9-6-15-11-16-4-5-17(22(16)24)12-18(15)13-20/h1-3,6-10,13,16-17,22H,4-5,11-12,24H2,(H,25,26)/b10-3+. The molecule has 3 atom stereocenters. The Labute approximate surface area is 153 Å². The fourth-order valence-electron chi connectivity index (χ4n) is 4.26. The van der Waals surface area contributed by atoms with Crippen LogP contribution < -0.4 is 11.1 Å². The maximum atomic E-state index is 12.9. The molecule has 134 valence electrons. The van der Waals surface area contributed by atoms with Gasteiger partial charge in [0.25, 0.3) is 0 Å². The molecular weight excluding hydrogens is 327 g/mol. The number of carbonyl (C=O) groups excluding carboxylic acids is 1. The highest BCUT2D eigenvalue weighted by molar-refractivity contribution is 6.02. The molecule has 4 rings (SSSR count). The van der Waals surface area contributed by atoms with E-state index in [1.54, 1.807) is 18.2 Å². The van der Waals surface area contributed by atoms with E-state index in [4.69, 9.17) is 5.73 Å². The van der Waals surface area contributed by atoms with E-state index >= 15 is 0 Å². The second kappa shape index (κ2) is 7.04. The lowest BCUT2D eigenvalue weighted by molar-refractivity contribution is -0.111. The minimum Gasteiger partial charge on any atom is -0.327 e. The number of anilines is 1. The van der Waals surface area contributed by atoms with Crippen molar-refractivity contribution in [2.24, 2.45) is 17.6 Å². The van der Waals surface area contributed by atoms with E-state index in [2.05, 4.69) is 17.4 Å². The number of nitrogens with two attached hydrogens (primary N) is 1. The van der Waals surface area contributed by atoms with Crippen LogP contribution in [-0.4, -0.2) is 11.9 Å². The van der Waals surface area contributed by atoms with Gasteiger partial charge < -0.3 is 11.1 Å². The van der Waals surface area contributed by atoms with E-state index in [1.165, 1.54) is 42.2 Å². The Bertz CT molecular complexity index is 844. The summed E-state index contributed by atoms with van der Waals surface area (Å²) in [4.78, 5) is 12.2. The van der Waals surface area contributed by atoms with Gasteiger partial charge in [0.05, 0.1) is 0 Å². The highest BCUT2D eigenvalue weighted by Gasteiger charge is 2.36. The highest BCUT2D eigenvalue weighted by Crippen LogP contribution is 2.39. The molecule has 2 aromatic rings. The maximum absolute atomic E-state index is 12.9. The summed E-state index contributed by atoms with van der Waals surface area (Å²) in [5.74, 6) is 0.678. The monoisotopic (exact) mass is 350 g/mol. The van der Waals surface area contributed by atoms with Gasteiger partial charge in [-0.1, -0.05) is 18.2 Å². The van der Waals surface area contributed by atoms with Crippen LogP contribution in [-0.2, 0) is 17.6 Å². The second-order valence-corrected chi connectivity index (χ2v) is 7.44. The summed E-state index contributed by atoms with van der Waals surface area (Å²) in [6, 6.07) is 12.5. The zero-order valence-corrected chi connectivity index (χ0v) is 14.6. The van der Waals surface area contributed by atoms with Crippen molar-refractivity contribution >= 4 is 17.7 Å². The Morgan fingerprint density at radius 1 is 1.04 bits per heavy atom. The molecule has 0 heterocycles.